The van der Waals surface area contributed by atoms with Gasteiger partial charge in [0.15, 0.2) is 0 Å². The van der Waals surface area contributed by atoms with Crippen LogP contribution in [0.2, 0.25) is 20.1 Å². The highest BCUT2D eigenvalue weighted by Crippen LogP contribution is 2.44. The largest absolute Gasteiger partial charge is 0.335 e. The summed E-state index contributed by atoms with van der Waals surface area (Å²) in [6, 6.07) is 67.8. The summed E-state index contributed by atoms with van der Waals surface area (Å²) in [5, 5.41) is 12.4. The molecule has 0 radical (unpaired) electrons. The molecule has 14 heteroatoms. The van der Waals surface area contributed by atoms with Crippen molar-refractivity contribution in [1.29, 1.82) is 0 Å². The van der Waals surface area contributed by atoms with Crippen molar-refractivity contribution in [1.82, 2.24) is 38.9 Å². The third kappa shape index (κ3) is 11.0. The zero-order valence-corrected chi connectivity index (χ0v) is 50.1. The minimum absolute atomic E-state index is 0.0417. The van der Waals surface area contributed by atoms with E-state index in [1.54, 1.807) is 35.4 Å². The summed E-state index contributed by atoms with van der Waals surface area (Å²) in [6.45, 7) is 4.33. The average Bonchev–Trinajstić information content (AvgIpc) is 2.00. The van der Waals surface area contributed by atoms with E-state index in [2.05, 4.69) is 132 Å². The molecule has 84 heavy (non-hydrogen) atoms. The van der Waals surface area contributed by atoms with Gasteiger partial charge in [-0.05, 0) is 142 Å². The molecule has 0 bridgehead atoms. The van der Waals surface area contributed by atoms with Crippen LogP contribution in [-0.4, -0.2) is 28.2 Å². The van der Waals surface area contributed by atoms with Gasteiger partial charge in [-0.1, -0.05) is 168 Å². The lowest BCUT2D eigenvalue weighted by Crippen LogP contribution is -2.47. The molecule has 420 valence electrons. The number of benzene rings is 8. The van der Waals surface area contributed by atoms with Crippen molar-refractivity contribution in [2.75, 3.05) is 0 Å². The van der Waals surface area contributed by atoms with E-state index in [1.165, 1.54) is 0 Å². The van der Waals surface area contributed by atoms with E-state index in [0.717, 1.165) is 88.8 Å². The maximum absolute atomic E-state index is 13.1. The van der Waals surface area contributed by atoms with E-state index in [4.69, 9.17) is 46.4 Å². The molecule has 0 saturated carbocycles. The molecule has 4 heterocycles. The van der Waals surface area contributed by atoms with E-state index in [0.29, 0.717) is 20.1 Å². The van der Waals surface area contributed by atoms with Gasteiger partial charge in [-0.2, -0.15) is 0 Å². The molecule has 0 fully saturated rings. The quantitative estimate of drug-likeness (QED) is 0.112. The molecule has 0 amide bonds. The molecule has 4 aromatic heterocycles. The Hall–Kier alpha value is -8.32. The Balaban J connectivity index is 0.000000175. The second-order valence-corrected chi connectivity index (χ2v) is 23.0. The zero-order valence-electron chi connectivity index (χ0n) is 47.1. The minimum Gasteiger partial charge on any atom is -0.335 e. The fraction of sp³-hybridized carbons (Fsp3) is 0.143. The average molecular weight is 1190 g/mol. The number of nitrogens with one attached hydrogen (secondary N) is 2. The van der Waals surface area contributed by atoms with E-state index in [1.807, 2.05) is 145 Å². The summed E-state index contributed by atoms with van der Waals surface area (Å²) in [7, 11) is 7.61. The van der Waals surface area contributed by atoms with Gasteiger partial charge >= 0.3 is 0 Å². The fourth-order valence-electron chi connectivity index (χ4n) is 11.7. The molecule has 0 aliphatic heterocycles. The normalized spacial score (nSPS) is 13.6. The molecule has 0 spiro atoms. The van der Waals surface area contributed by atoms with Gasteiger partial charge in [-0.25, -0.2) is 9.97 Å². The molecule has 0 aliphatic rings. The van der Waals surface area contributed by atoms with Crippen molar-refractivity contribution in [3.8, 4) is 22.3 Å². The van der Waals surface area contributed by atoms with Crippen LogP contribution >= 0.6 is 46.4 Å². The van der Waals surface area contributed by atoms with Crippen LogP contribution in [0.4, 0.5) is 0 Å². The number of pyridine rings is 2. The van der Waals surface area contributed by atoms with Crippen molar-refractivity contribution >= 4 is 68.2 Å². The number of imidazole rings is 2. The summed E-state index contributed by atoms with van der Waals surface area (Å²) in [5.41, 5.74) is 11.4. The number of hydrogen-bond donors (Lipinski definition) is 2. The van der Waals surface area contributed by atoms with Crippen LogP contribution in [0.15, 0.2) is 241 Å². The summed E-state index contributed by atoms with van der Waals surface area (Å²) in [5.74, 6) is 0. The lowest BCUT2D eigenvalue weighted by molar-refractivity contribution is 0.397. The van der Waals surface area contributed by atoms with Gasteiger partial charge in [0.05, 0.1) is 47.5 Å². The van der Waals surface area contributed by atoms with E-state index in [9.17, 15) is 9.59 Å². The first-order valence-electron chi connectivity index (χ1n) is 27.5. The zero-order chi connectivity index (χ0) is 58.9. The smallest absolute Gasteiger partial charge is 0.251 e. The Morgan fingerprint density at radius 2 is 0.774 bits per heavy atom. The molecule has 4 atom stereocenters. The molecule has 8 aromatic carbocycles. The number of hydrogen-bond acceptors (Lipinski definition) is 6. The number of aryl methyl sites for hydroxylation is 4. The second-order valence-electron chi connectivity index (χ2n) is 21.2. The molecular formula is C70H60Cl4N8O2. The lowest BCUT2D eigenvalue weighted by atomic mass is 9.78. The molecule has 10 nitrogen and oxygen atoms in total. The second kappa shape index (κ2) is 24.1. The topological polar surface area (TPSA) is 104 Å². The first-order valence-corrected chi connectivity index (χ1v) is 29.0. The maximum atomic E-state index is 13.1. The molecular weight excluding hydrogens is 1130 g/mol. The van der Waals surface area contributed by atoms with Crippen molar-refractivity contribution in [3.63, 3.8) is 0 Å². The van der Waals surface area contributed by atoms with Gasteiger partial charge in [-0.15, -0.1) is 0 Å². The van der Waals surface area contributed by atoms with Crippen LogP contribution in [0.5, 0.6) is 0 Å². The van der Waals surface area contributed by atoms with Crippen LogP contribution < -0.4 is 21.8 Å². The van der Waals surface area contributed by atoms with Gasteiger partial charge in [0.25, 0.3) is 11.1 Å². The third-order valence-electron chi connectivity index (χ3n) is 16.1. The minimum atomic E-state index is -0.834. The van der Waals surface area contributed by atoms with E-state index < -0.39 is 11.1 Å². The maximum Gasteiger partial charge on any atom is 0.251 e. The SMILES string of the molecule is C[C@@H](N[C@@](c1ccc(Cl)cc1)(c1ccc2c(c1)c(-c1cccc(Cl)c1)cc(=O)n2C)c1cncn1C)c1ccccc1.C[C@@H](N[C@](c1ccc(Cl)cc1)(c1ccc2c(c1)c(-c1cccc(Cl)c1)cc(=O)n2C)c1cncn1C)c1ccccc1. The van der Waals surface area contributed by atoms with E-state index >= 15 is 0 Å². The Labute approximate surface area is 508 Å². The molecule has 0 unspecified atom stereocenters. The van der Waals surface area contributed by atoms with Crippen molar-refractivity contribution < 1.29 is 0 Å². The molecule has 12 aromatic rings. The first kappa shape index (κ1) is 57.5. The van der Waals surface area contributed by atoms with Gasteiger partial charge in [0.2, 0.25) is 0 Å². The Morgan fingerprint density at radius 3 is 1.12 bits per heavy atom. The monoisotopic (exact) mass is 1180 g/mol. The van der Waals surface area contributed by atoms with Crippen molar-refractivity contribution in [3.05, 3.63) is 317 Å². The van der Waals surface area contributed by atoms with Crippen molar-refractivity contribution in [2.45, 2.75) is 37.0 Å². The lowest BCUT2D eigenvalue weighted by Gasteiger charge is -2.39. The van der Waals surface area contributed by atoms with Gasteiger partial charge in [0.1, 0.15) is 11.1 Å². The van der Waals surface area contributed by atoms with Crippen LogP contribution in [0.25, 0.3) is 44.1 Å². The molecule has 0 aliphatic carbocycles. The molecule has 12 rings (SSSR count). The van der Waals surface area contributed by atoms with Crippen LogP contribution in [0.3, 0.4) is 0 Å². The van der Waals surface area contributed by atoms with Gasteiger partial charge in [0, 0.05) is 83.3 Å². The Morgan fingerprint density at radius 1 is 0.405 bits per heavy atom. The summed E-state index contributed by atoms with van der Waals surface area (Å²) in [6.07, 6.45) is 7.44. The number of aromatic nitrogens is 6. The standard InChI is InChI=1S/2C35H30Cl2N4O/c2*1-23(24-8-5-4-6-9-24)39-35(33-21-38-22-40(33)2,26-12-15-28(36)16-13-26)27-14-17-32-31(19-27)30(20-34(42)41(32)3)25-10-7-11-29(37)18-25/h2*4-23,39H,1-3H3/t23-,35+;23-,35-/m11/s1. The van der Waals surface area contributed by atoms with Crippen LogP contribution in [-0.2, 0) is 39.3 Å². The highest BCUT2D eigenvalue weighted by molar-refractivity contribution is 6.31. The highest BCUT2D eigenvalue weighted by Gasteiger charge is 2.42. The predicted molar refractivity (Wildman–Crippen MR) is 344 cm³/mol. The first-order chi connectivity index (χ1) is 40.5. The summed E-state index contributed by atoms with van der Waals surface area (Å²) in [4.78, 5) is 35.2. The van der Waals surface area contributed by atoms with Gasteiger partial charge in [-0.3, -0.25) is 20.2 Å². The Bertz CT molecular complexity index is 4180. The summed E-state index contributed by atoms with van der Waals surface area (Å²) < 4.78 is 7.45. The summed E-state index contributed by atoms with van der Waals surface area (Å²) >= 11 is 25.6. The number of nitrogens with zero attached hydrogens (tertiary/aromatic N) is 6. The van der Waals surface area contributed by atoms with Crippen LogP contribution in [0.1, 0.15) is 70.7 Å². The highest BCUT2D eigenvalue weighted by atomic mass is 35.5. The molecule has 2 N–H and O–H groups in total. The predicted octanol–water partition coefficient (Wildman–Crippen LogP) is 15.8. The third-order valence-corrected chi connectivity index (χ3v) is 17.0. The number of halogens is 4. The van der Waals surface area contributed by atoms with E-state index in [-0.39, 0.29) is 23.2 Å². The van der Waals surface area contributed by atoms with Gasteiger partial charge < -0.3 is 18.3 Å². The number of rotatable bonds is 14. The molecule has 0 saturated heterocycles. The van der Waals surface area contributed by atoms with Crippen molar-refractivity contribution in [2.24, 2.45) is 28.2 Å². The fourth-order valence-corrected chi connectivity index (χ4v) is 12.4. The Kier molecular flexibility index (Phi) is 16.5. The number of fused-ring (bicyclic) bond motifs is 2. The van der Waals surface area contributed by atoms with Crippen LogP contribution in [0, 0.1) is 0 Å².